The van der Waals surface area contributed by atoms with Crippen LogP contribution in [0.1, 0.15) is 0 Å². The Morgan fingerprint density at radius 3 is 3.06 bits per heavy atom. The lowest BCUT2D eigenvalue weighted by atomic mass is 10.1. The van der Waals surface area contributed by atoms with Gasteiger partial charge in [0.05, 0.1) is 18.8 Å². The van der Waals surface area contributed by atoms with Crippen LogP contribution in [0.25, 0.3) is 22.0 Å². The van der Waals surface area contributed by atoms with E-state index in [2.05, 4.69) is 15.0 Å². The zero-order valence-corrected chi connectivity index (χ0v) is 9.34. The summed E-state index contributed by atoms with van der Waals surface area (Å²) in [4.78, 5) is 11.4. The van der Waals surface area contributed by atoms with E-state index in [0.29, 0.717) is 5.88 Å². The summed E-state index contributed by atoms with van der Waals surface area (Å²) in [6.45, 7) is 0. The standard InChI is InChI=1S/C13H11N3O/c1-17-13-6-9(2-5-15-13)11-7-16-12-8-14-4-3-10(11)12/h2-8,16H,1H3. The SMILES string of the molecule is COc1cc(-c2c[nH]c3cnccc23)ccn1. The molecule has 0 bridgehead atoms. The minimum Gasteiger partial charge on any atom is -0.481 e. The van der Waals surface area contributed by atoms with Crippen LogP contribution in [0.2, 0.25) is 0 Å². The number of fused-ring (bicyclic) bond motifs is 1. The molecular formula is C13H11N3O. The second kappa shape index (κ2) is 3.90. The Morgan fingerprint density at radius 2 is 2.18 bits per heavy atom. The number of pyridine rings is 2. The van der Waals surface area contributed by atoms with Crippen LogP contribution in [0.3, 0.4) is 0 Å². The number of H-pyrrole nitrogens is 1. The Bertz CT molecular complexity index is 660. The second-order valence-electron chi connectivity index (χ2n) is 3.71. The predicted molar refractivity (Wildman–Crippen MR) is 65.9 cm³/mol. The van der Waals surface area contributed by atoms with Crippen LogP contribution < -0.4 is 4.74 Å². The lowest BCUT2D eigenvalue weighted by Crippen LogP contribution is -1.87. The molecule has 0 fully saturated rings. The maximum atomic E-state index is 5.13. The molecule has 0 saturated heterocycles. The van der Waals surface area contributed by atoms with Crippen molar-refractivity contribution in [1.29, 1.82) is 0 Å². The highest BCUT2D eigenvalue weighted by Gasteiger charge is 2.06. The number of aromatic nitrogens is 3. The second-order valence-corrected chi connectivity index (χ2v) is 3.71. The molecule has 3 heterocycles. The molecule has 0 atom stereocenters. The number of aromatic amines is 1. The number of ether oxygens (including phenoxy) is 1. The van der Waals surface area contributed by atoms with Gasteiger partial charge in [-0.15, -0.1) is 0 Å². The zero-order chi connectivity index (χ0) is 11.7. The molecule has 1 N–H and O–H groups in total. The van der Waals surface area contributed by atoms with Crippen LogP contribution in [0.5, 0.6) is 5.88 Å². The van der Waals surface area contributed by atoms with Crippen molar-refractivity contribution in [2.24, 2.45) is 0 Å². The molecule has 0 radical (unpaired) electrons. The van der Waals surface area contributed by atoms with E-state index in [1.165, 1.54) is 0 Å². The van der Waals surface area contributed by atoms with Crippen molar-refractivity contribution < 1.29 is 4.74 Å². The molecule has 0 amide bonds. The molecule has 4 heteroatoms. The average Bonchev–Trinajstić information content (AvgIpc) is 2.82. The quantitative estimate of drug-likeness (QED) is 0.729. The Balaban J connectivity index is 2.20. The Labute approximate surface area is 98.3 Å². The van der Waals surface area contributed by atoms with Crippen LogP contribution >= 0.6 is 0 Å². The molecule has 0 unspecified atom stereocenters. The van der Waals surface area contributed by atoms with Crippen molar-refractivity contribution in [3.63, 3.8) is 0 Å². The molecular weight excluding hydrogens is 214 g/mol. The van der Waals surface area contributed by atoms with Crippen molar-refractivity contribution in [3.8, 4) is 17.0 Å². The summed E-state index contributed by atoms with van der Waals surface area (Å²) in [5.41, 5.74) is 3.23. The lowest BCUT2D eigenvalue weighted by molar-refractivity contribution is 0.398. The Hall–Kier alpha value is -2.36. The predicted octanol–water partition coefficient (Wildman–Crippen LogP) is 2.63. The lowest BCUT2D eigenvalue weighted by Gasteiger charge is -2.02. The fourth-order valence-corrected chi connectivity index (χ4v) is 1.90. The fourth-order valence-electron chi connectivity index (χ4n) is 1.90. The maximum absolute atomic E-state index is 5.13. The van der Waals surface area contributed by atoms with Gasteiger partial charge >= 0.3 is 0 Å². The smallest absolute Gasteiger partial charge is 0.213 e. The van der Waals surface area contributed by atoms with Gasteiger partial charge in [0, 0.05) is 35.6 Å². The van der Waals surface area contributed by atoms with E-state index in [1.54, 1.807) is 19.5 Å². The molecule has 84 valence electrons. The molecule has 3 aromatic rings. The van der Waals surface area contributed by atoms with Crippen LogP contribution in [-0.4, -0.2) is 22.1 Å². The fraction of sp³-hybridized carbons (Fsp3) is 0.0769. The van der Waals surface area contributed by atoms with Gasteiger partial charge in [0.15, 0.2) is 0 Å². The van der Waals surface area contributed by atoms with Gasteiger partial charge in [0.25, 0.3) is 0 Å². The minimum absolute atomic E-state index is 0.617. The molecule has 0 aliphatic carbocycles. The van der Waals surface area contributed by atoms with E-state index < -0.39 is 0 Å². The highest BCUT2D eigenvalue weighted by Crippen LogP contribution is 2.29. The first-order valence-corrected chi connectivity index (χ1v) is 5.30. The highest BCUT2D eigenvalue weighted by molar-refractivity contribution is 5.94. The summed E-state index contributed by atoms with van der Waals surface area (Å²) >= 11 is 0. The van der Waals surface area contributed by atoms with Gasteiger partial charge in [0.1, 0.15) is 0 Å². The average molecular weight is 225 g/mol. The number of hydrogen-bond donors (Lipinski definition) is 1. The van der Waals surface area contributed by atoms with E-state index in [1.807, 2.05) is 30.6 Å². The third-order valence-electron chi connectivity index (χ3n) is 2.74. The molecule has 0 spiro atoms. The van der Waals surface area contributed by atoms with Gasteiger partial charge in [-0.3, -0.25) is 4.98 Å². The molecule has 0 aliphatic rings. The van der Waals surface area contributed by atoms with Crippen LogP contribution in [-0.2, 0) is 0 Å². The summed E-state index contributed by atoms with van der Waals surface area (Å²) in [5, 5.41) is 1.15. The zero-order valence-electron chi connectivity index (χ0n) is 9.34. The molecule has 3 rings (SSSR count). The maximum Gasteiger partial charge on any atom is 0.213 e. The number of nitrogens with one attached hydrogen (secondary N) is 1. The monoisotopic (exact) mass is 225 g/mol. The Morgan fingerprint density at radius 1 is 1.24 bits per heavy atom. The van der Waals surface area contributed by atoms with Crippen molar-refractivity contribution in [3.05, 3.63) is 43.0 Å². The Kier molecular flexibility index (Phi) is 2.26. The molecule has 0 saturated carbocycles. The van der Waals surface area contributed by atoms with E-state index in [4.69, 9.17) is 4.74 Å². The van der Waals surface area contributed by atoms with Crippen molar-refractivity contribution >= 4 is 10.9 Å². The first-order valence-electron chi connectivity index (χ1n) is 5.30. The third kappa shape index (κ3) is 1.63. The third-order valence-corrected chi connectivity index (χ3v) is 2.74. The van der Waals surface area contributed by atoms with E-state index in [9.17, 15) is 0 Å². The van der Waals surface area contributed by atoms with Crippen molar-refractivity contribution in [2.75, 3.05) is 7.11 Å². The van der Waals surface area contributed by atoms with Crippen LogP contribution in [0, 0.1) is 0 Å². The summed E-state index contributed by atoms with van der Waals surface area (Å²) in [6, 6.07) is 5.88. The van der Waals surface area contributed by atoms with Crippen LogP contribution in [0.4, 0.5) is 0 Å². The number of hydrogen-bond acceptors (Lipinski definition) is 3. The largest absolute Gasteiger partial charge is 0.481 e. The highest BCUT2D eigenvalue weighted by atomic mass is 16.5. The molecule has 3 aromatic heterocycles. The van der Waals surface area contributed by atoms with E-state index in [-0.39, 0.29) is 0 Å². The normalized spacial score (nSPS) is 10.6. The van der Waals surface area contributed by atoms with Gasteiger partial charge in [-0.2, -0.15) is 0 Å². The summed E-state index contributed by atoms with van der Waals surface area (Å²) in [6.07, 6.45) is 7.32. The van der Waals surface area contributed by atoms with Gasteiger partial charge in [-0.05, 0) is 17.7 Å². The first-order chi connectivity index (χ1) is 8.38. The van der Waals surface area contributed by atoms with Gasteiger partial charge in [-0.1, -0.05) is 0 Å². The number of nitrogens with zero attached hydrogens (tertiary/aromatic N) is 2. The number of rotatable bonds is 2. The molecule has 0 aliphatic heterocycles. The number of methoxy groups -OCH3 is 1. The van der Waals surface area contributed by atoms with E-state index in [0.717, 1.165) is 22.0 Å². The molecule has 4 nitrogen and oxygen atoms in total. The van der Waals surface area contributed by atoms with E-state index >= 15 is 0 Å². The van der Waals surface area contributed by atoms with Gasteiger partial charge < -0.3 is 9.72 Å². The summed E-state index contributed by atoms with van der Waals surface area (Å²) < 4.78 is 5.13. The van der Waals surface area contributed by atoms with Crippen molar-refractivity contribution in [1.82, 2.24) is 15.0 Å². The van der Waals surface area contributed by atoms with Gasteiger partial charge in [-0.25, -0.2) is 4.98 Å². The molecule has 17 heavy (non-hydrogen) atoms. The van der Waals surface area contributed by atoms with Crippen LogP contribution in [0.15, 0.2) is 43.0 Å². The minimum atomic E-state index is 0.617. The molecule has 0 aromatic carbocycles. The summed E-state index contributed by atoms with van der Waals surface area (Å²) in [5.74, 6) is 0.617. The summed E-state index contributed by atoms with van der Waals surface area (Å²) in [7, 11) is 1.62. The van der Waals surface area contributed by atoms with Crippen molar-refractivity contribution in [2.45, 2.75) is 0 Å². The van der Waals surface area contributed by atoms with Gasteiger partial charge in [0.2, 0.25) is 5.88 Å². The first kappa shape index (κ1) is 9.84. The topological polar surface area (TPSA) is 50.8 Å².